The monoisotopic (exact) mass is 233 g/mol. The first-order chi connectivity index (χ1) is 8.25. The molecule has 2 aliphatic rings. The summed E-state index contributed by atoms with van der Waals surface area (Å²) in [6.07, 6.45) is 2.76. The Hall–Kier alpha value is -0.800. The van der Waals surface area contributed by atoms with Crippen molar-refractivity contribution in [1.29, 1.82) is 0 Å². The second kappa shape index (κ2) is 4.46. The van der Waals surface area contributed by atoms with E-state index in [-0.39, 0.29) is 0 Å². The standard InChI is InChI=1S/C14H23N3/c1-11-9-13(10-16-7-5-15-6-8-16)12(2)17(11)14-3-4-14/h9,14-15H,3-8,10H2,1-2H3. The molecule has 3 nitrogen and oxygen atoms in total. The molecule has 3 rings (SSSR count). The Morgan fingerprint density at radius 3 is 2.59 bits per heavy atom. The van der Waals surface area contributed by atoms with Gasteiger partial charge in [-0.05, 0) is 38.3 Å². The predicted octanol–water partition coefficient (Wildman–Crippen LogP) is 1.85. The predicted molar refractivity (Wildman–Crippen MR) is 70.3 cm³/mol. The SMILES string of the molecule is Cc1cc(CN2CCNCC2)c(C)n1C1CC1. The molecule has 2 fully saturated rings. The van der Waals surface area contributed by atoms with Gasteiger partial charge in [-0.2, -0.15) is 0 Å². The summed E-state index contributed by atoms with van der Waals surface area (Å²) >= 11 is 0. The van der Waals surface area contributed by atoms with Crippen LogP contribution in [0.3, 0.4) is 0 Å². The average Bonchev–Trinajstić information content (AvgIpc) is 3.10. The van der Waals surface area contributed by atoms with Crippen LogP contribution in [0.25, 0.3) is 0 Å². The van der Waals surface area contributed by atoms with Crippen molar-refractivity contribution in [3.8, 4) is 0 Å². The Morgan fingerprint density at radius 1 is 1.24 bits per heavy atom. The summed E-state index contributed by atoms with van der Waals surface area (Å²) in [4.78, 5) is 2.56. The highest BCUT2D eigenvalue weighted by Gasteiger charge is 2.27. The maximum atomic E-state index is 3.41. The van der Waals surface area contributed by atoms with Crippen LogP contribution in [0.2, 0.25) is 0 Å². The Kier molecular flexibility index (Phi) is 2.97. The van der Waals surface area contributed by atoms with E-state index in [0.717, 1.165) is 25.7 Å². The van der Waals surface area contributed by atoms with E-state index in [1.807, 2.05) is 0 Å². The zero-order valence-electron chi connectivity index (χ0n) is 11.0. The molecule has 1 saturated carbocycles. The third-order valence-corrected chi connectivity index (χ3v) is 4.10. The molecule has 1 aliphatic heterocycles. The van der Waals surface area contributed by atoms with Crippen LogP contribution in [0.1, 0.15) is 35.8 Å². The van der Waals surface area contributed by atoms with Crippen molar-refractivity contribution in [2.24, 2.45) is 0 Å². The molecule has 1 aromatic heterocycles. The molecule has 94 valence electrons. The lowest BCUT2D eigenvalue weighted by Gasteiger charge is -2.27. The van der Waals surface area contributed by atoms with Crippen molar-refractivity contribution in [3.63, 3.8) is 0 Å². The molecule has 1 saturated heterocycles. The van der Waals surface area contributed by atoms with Crippen LogP contribution in [0, 0.1) is 13.8 Å². The normalized spacial score (nSPS) is 22.0. The summed E-state index contributed by atoms with van der Waals surface area (Å²) in [5, 5.41) is 3.41. The fraction of sp³-hybridized carbons (Fsp3) is 0.714. The van der Waals surface area contributed by atoms with Crippen LogP contribution in [0.4, 0.5) is 0 Å². The van der Waals surface area contributed by atoms with E-state index in [2.05, 4.69) is 34.7 Å². The van der Waals surface area contributed by atoms with E-state index in [1.54, 1.807) is 0 Å². The van der Waals surface area contributed by atoms with Crippen LogP contribution >= 0.6 is 0 Å². The minimum absolute atomic E-state index is 0.812. The summed E-state index contributed by atoms with van der Waals surface area (Å²) in [5.74, 6) is 0. The van der Waals surface area contributed by atoms with Crippen LogP contribution in [0.5, 0.6) is 0 Å². The van der Waals surface area contributed by atoms with Gasteiger partial charge in [-0.25, -0.2) is 0 Å². The first-order valence-electron chi connectivity index (χ1n) is 6.86. The highest BCUT2D eigenvalue weighted by atomic mass is 15.2. The summed E-state index contributed by atoms with van der Waals surface area (Å²) in [7, 11) is 0. The maximum Gasteiger partial charge on any atom is 0.0337 e. The highest BCUT2D eigenvalue weighted by Crippen LogP contribution is 2.38. The second-order valence-corrected chi connectivity index (χ2v) is 5.52. The van der Waals surface area contributed by atoms with Gasteiger partial charge >= 0.3 is 0 Å². The molecular formula is C14H23N3. The molecule has 0 amide bonds. The van der Waals surface area contributed by atoms with Crippen molar-refractivity contribution < 1.29 is 0 Å². The Labute approximate surface area is 104 Å². The van der Waals surface area contributed by atoms with Crippen molar-refractivity contribution in [3.05, 3.63) is 23.0 Å². The quantitative estimate of drug-likeness (QED) is 0.859. The summed E-state index contributed by atoms with van der Waals surface area (Å²) in [6.45, 7) is 10.3. The van der Waals surface area contributed by atoms with Gasteiger partial charge < -0.3 is 9.88 Å². The van der Waals surface area contributed by atoms with Crippen molar-refractivity contribution in [2.45, 2.75) is 39.3 Å². The van der Waals surface area contributed by atoms with Gasteiger partial charge in [-0.15, -0.1) is 0 Å². The smallest absolute Gasteiger partial charge is 0.0337 e. The summed E-state index contributed by atoms with van der Waals surface area (Å²) in [5.41, 5.74) is 4.50. The fourth-order valence-electron chi connectivity index (χ4n) is 3.01. The molecule has 0 aromatic carbocycles. The number of hydrogen-bond donors (Lipinski definition) is 1. The van der Waals surface area contributed by atoms with Crippen molar-refractivity contribution in [2.75, 3.05) is 26.2 Å². The zero-order valence-corrected chi connectivity index (χ0v) is 11.0. The number of nitrogens with zero attached hydrogens (tertiary/aromatic N) is 2. The van der Waals surface area contributed by atoms with Gasteiger partial charge in [0.15, 0.2) is 0 Å². The molecular weight excluding hydrogens is 210 g/mol. The molecule has 1 aromatic rings. The number of nitrogens with one attached hydrogen (secondary N) is 1. The van der Waals surface area contributed by atoms with Crippen molar-refractivity contribution >= 4 is 0 Å². The van der Waals surface area contributed by atoms with Gasteiger partial charge in [0, 0.05) is 50.2 Å². The fourth-order valence-corrected chi connectivity index (χ4v) is 3.01. The highest BCUT2D eigenvalue weighted by molar-refractivity contribution is 5.28. The number of rotatable bonds is 3. The Bertz CT molecular complexity index is 398. The first-order valence-corrected chi connectivity index (χ1v) is 6.86. The number of aryl methyl sites for hydroxylation is 1. The van der Waals surface area contributed by atoms with Gasteiger partial charge in [0.25, 0.3) is 0 Å². The molecule has 1 N–H and O–H groups in total. The number of piperazine rings is 1. The molecule has 0 radical (unpaired) electrons. The minimum atomic E-state index is 0.812. The maximum absolute atomic E-state index is 3.41. The van der Waals surface area contributed by atoms with E-state index in [0.29, 0.717) is 0 Å². The van der Waals surface area contributed by atoms with E-state index in [1.165, 1.54) is 42.9 Å². The van der Waals surface area contributed by atoms with Gasteiger partial charge in [-0.3, -0.25) is 4.90 Å². The molecule has 0 bridgehead atoms. The van der Waals surface area contributed by atoms with Crippen LogP contribution in [-0.2, 0) is 6.54 Å². The average molecular weight is 233 g/mol. The third-order valence-electron chi connectivity index (χ3n) is 4.10. The van der Waals surface area contributed by atoms with Crippen LogP contribution in [0.15, 0.2) is 6.07 Å². The molecule has 0 atom stereocenters. The zero-order chi connectivity index (χ0) is 11.8. The van der Waals surface area contributed by atoms with Crippen LogP contribution in [-0.4, -0.2) is 35.6 Å². The topological polar surface area (TPSA) is 20.2 Å². The molecule has 3 heteroatoms. The first kappa shape index (κ1) is 11.3. The van der Waals surface area contributed by atoms with Gasteiger partial charge in [-0.1, -0.05) is 0 Å². The Morgan fingerprint density at radius 2 is 1.94 bits per heavy atom. The number of hydrogen-bond acceptors (Lipinski definition) is 2. The molecule has 0 spiro atoms. The van der Waals surface area contributed by atoms with Gasteiger partial charge in [0.05, 0.1) is 0 Å². The minimum Gasteiger partial charge on any atom is -0.346 e. The molecule has 1 aliphatic carbocycles. The Balaban J connectivity index is 1.75. The van der Waals surface area contributed by atoms with E-state index in [4.69, 9.17) is 0 Å². The van der Waals surface area contributed by atoms with Gasteiger partial charge in [0.2, 0.25) is 0 Å². The molecule has 17 heavy (non-hydrogen) atoms. The lowest BCUT2D eigenvalue weighted by molar-refractivity contribution is 0.232. The molecule has 0 unspecified atom stereocenters. The summed E-state index contributed by atoms with van der Waals surface area (Å²) in [6, 6.07) is 3.21. The number of aromatic nitrogens is 1. The lowest BCUT2D eigenvalue weighted by atomic mass is 10.2. The summed E-state index contributed by atoms with van der Waals surface area (Å²) < 4.78 is 2.55. The van der Waals surface area contributed by atoms with Crippen LogP contribution < -0.4 is 5.32 Å². The largest absolute Gasteiger partial charge is 0.346 e. The lowest BCUT2D eigenvalue weighted by Crippen LogP contribution is -2.42. The molecule has 2 heterocycles. The second-order valence-electron chi connectivity index (χ2n) is 5.52. The van der Waals surface area contributed by atoms with E-state index in [9.17, 15) is 0 Å². The van der Waals surface area contributed by atoms with Gasteiger partial charge in [0.1, 0.15) is 0 Å². The van der Waals surface area contributed by atoms with Crippen molar-refractivity contribution in [1.82, 2.24) is 14.8 Å². The van der Waals surface area contributed by atoms with E-state index < -0.39 is 0 Å². The third kappa shape index (κ3) is 2.26. The van der Waals surface area contributed by atoms with E-state index >= 15 is 0 Å².